The quantitative estimate of drug-likeness (QED) is 0.0889. The zero-order valence-electron chi connectivity index (χ0n) is 50.7. The molecule has 0 radical (unpaired) electrons. The molecule has 2 aliphatic heterocycles. The summed E-state index contributed by atoms with van der Waals surface area (Å²) in [5.41, 5.74) is 2.32. The van der Waals surface area contributed by atoms with Gasteiger partial charge in [-0.2, -0.15) is 0 Å². The highest BCUT2D eigenvalue weighted by Crippen LogP contribution is 2.35. The van der Waals surface area contributed by atoms with E-state index < -0.39 is 122 Å². The summed E-state index contributed by atoms with van der Waals surface area (Å²) in [6.45, 7) is 7.36. The monoisotopic (exact) mass is 1230 g/mol. The fourth-order valence-electron chi connectivity index (χ4n) is 8.70. The van der Waals surface area contributed by atoms with Gasteiger partial charge in [-0.1, -0.05) is 47.4 Å². The molecule has 2 fully saturated rings. The van der Waals surface area contributed by atoms with Gasteiger partial charge >= 0.3 is 47.8 Å². The second-order valence-electron chi connectivity index (χ2n) is 18.6. The Morgan fingerprint density at radius 3 is 0.784 bits per heavy atom. The highest BCUT2D eigenvalue weighted by atomic mass is 16.7. The second kappa shape index (κ2) is 33.3. The van der Waals surface area contributed by atoms with Crippen LogP contribution in [0.3, 0.4) is 0 Å². The molecule has 2 heterocycles. The second-order valence-corrected chi connectivity index (χ2v) is 18.6. The summed E-state index contributed by atoms with van der Waals surface area (Å²) in [5, 5.41) is 0. The molecule has 5 rings (SSSR count). The molecule has 26 heteroatoms. The van der Waals surface area contributed by atoms with E-state index in [-0.39, 0.29) is 13.2 Å². The Morgan fingerprint density at radius 1 is 0.330 bits per heavy atom. The summed E-state index contributed by atoms with van der Waals surface area (Å²) in [5.74, 6) is 19.8. The van der Waals surface area contributed by atoms with Crippen LogP contribution in [0.15, 0.2) is 36.4 Å². The van der Waals surface area contributed by atoms with Crippen LogP contribution in [0.4, 0.5) is 0 Å². The molecule has 10 atom stereocenters. The van der Waals surface area contributed by atoms with E-state index >= 15 is 0 Å². The Bertz CT molecular complexity index is 3120. The number of carbonyl (C=O) groups excluding carboxylic acids is 8. The molecule has 0 spiro atoms. The van der Waals surface area contributed by atoms with Crippen molar-refractivity contribution < 1.29 is 124 Å². The van der Waals surface area contributed by atoms with Crippen LogP contribution in [-0.4, -0.2) is 178 Å². The molecule has 2 saturated heterocycles. The van der Waals surface area contributed by atoms with Gasteiger partial charge in [-0.05, 0) is 0 Å². The summed E-state index contributed by atoms with van der Waals surface area (Å²) in [7, 11) is 8.67. The molecule has 26 nitrogen and oxygen atoms in total. The summed E-state index contributed by atoms with van der Waals surface area (Å²) in [6, 6.07) is 9.69. The third kappa shape index (κ3) is 19.7. The van der Waals surface area contributed by atoms with E-state index in [9.17, 15) is 38.4 Å². The molecule has 0 aliphatic carbocycles. The van der Waals surface area contributed by atoms with Crippen molar-refractivity contribution in [3.05, 3.63) is 69.8 Å². The fraction of sp³-hybridized carbons (Fsp3) is 0.452. The molecule has 0 amide bonds. The Kier molecular flexibility index (Phi) is 26.1. The summed E-state index contributed by atoms with van der Waals surface area (Å²) in [4.78, 5) is 96.7. The average molecular weight is 1230 g/mol. The lowest BCUT2D eigenvalue weighted by molar-refractivity contribution is -0.305. The minimum Gasteiger partial charge on any atom is -0.495 e. The smallest absolute Gasteiger partial charge is 0.303 e. The molecule has 88 heavy (non-hydrogen) atoms. The van der Waals surface area contributed by atoms with Crippen molar-refractivity contribution >= 4 is 47.8 Å². The van der Waals surface area contributed by atoms with Crippen molar-refractivity contribution in [1.29, 1.82) is 0 Å². The lowest BCUT2D eigenvalue weighted by Crippen LogP contribution is -2.63. The van der Waals surface area contributed by atoms with Crippen LogP contribution in [0.25, 0.3) is 0 Å². The highest BCUT2D eigenvalue weighted by Gasteiger charge is 2.54. The van der Waals surface area contributed by atoms with Gasteiger partial charge < -0.3 is 85.3 Å². The molecule has 0 saturated carbocycles. The summed E-state index contributed by atoms with van der Waals surface area (Å²) >= 11 is 0. The number of benzene rings is 3. The molecule has 0 N–H and O–H groups in total. The van der Waals surface area contributed by atoms with Crippen molar-refractivity contribution in [3.8, 4) is 81.9 Å². The maximum atomic E-state index is 12.3. The first kappa shape index (κ1) is 69.1. The molecule has 0 bridgehead atoms. The predicted molar refractivity (Wildman–Crippen MR) is 300 cm³/mol. The molecule has 3 aromatic carbocycles. The first-order valence-corrected chi connectivity index (χ1v) is 26.6. The maximum Gasteiger partial charge on any atom is 0.303 e. The molecular weight excluding hydrogens is 1160 g/mol. The molecular formula is C62H66O26. The van der Waals surface area contributed by atoms with Crippen LogP contribution < -0.4 is 28.4 Å². The van der Waals surface area contributed by atoms with E-state index in [2.05, 4.69) is 47.4 Å². The van der Waals surface area contributed by atoms with Crippen LogP contribution in [0.1, 0.15) is 88.8 Å². The molecule has 3 aromatic rings. The van der Waals surface area contributed by atoms with Crippen LogP contribution in [0.2, 0.25) is 0 Å². The van der Waals surface area contributed by atoms with Gasteiger partial charge in [0.05, 0.1) is 76.0 Å². The number of rotatable bonds is 20. The van der Waals surface area contributed by atoms with Gasteiger partial charge in [0.25, 0.3) is 0 Å². The molecule has 2 aliphatic rings. The number of hydrogen-bond donors (Lipinski definition) is 0. The topological polar surface area (TPSA) is 303 Å². The van der Waals surface area contributed by atoms with Crippen molar-refractivity contribution in [2.45, 2.75) is 117 Å². The Morgan fingerprint density at radius 2 is 0.557 bits per heavy atom. The van der Waals surface area contributed by atoms with E-state index in [1.165, 1.54) is 42.7 Å². The Hall–Kier alpha value is -9.70. The minimum absolute atomic E-state index is 0.296. The zero-order valence-corrected chi connectivity index (χ0v) is 50.7. The molecule has 0 unspecified atom stereocenters. The number of ether oxygens (including phenoxy) is 18. The van der Waals surface area contributed by atoms with Gasteiger partial charge in [0.1, 0.15) is 73.1 Å². The lowest BCUT2D eigenvalue weighted by atomic mass is 9.98. The summed E-state index contributed by atoms with van der Waals surface area (Å²) < 4.78 is 101. The number of methoxy groups -OCH3 is 6. The summed E-state index contributed by atoms with van der Waals surface area (Å²) in [6.07, 6.45) is -13.8. The third-order valence-electron chi connectivity index (χ3n) is 12.2. The van der Waals surface area contributed by atoms with E-state index in [1.54, 1.807) is 36.4 Å². The Labute approximate surface area is 507 Å². The van der Waals surface area contributed by atoms with E-state index in [1.807, 2.05) is 0 Å². The van der Waals surface area contributed by atoms with Crippen molar-refractivity contribution in [2.75, 3.05) is 69.1 Å². The van der Waals surface area contributed by atoms with Crippen molar-refractivity contribution in [1.82, 2.24) is 0 Å². The number of carbonyl (C=O) groups is 8. The van der Waals surface area contributed by atoms with Gasteiger partial charge in [0.15, 0.2) is 49.2 Å². The highest BCUT2D eigenvalue weighted by molar-refractivity contribution is 5.71. The average Bonchev–Trinajstić information content (AvgIpc) is 3.03. The molecule has 470 valence electrons. The number of esters is 8. The van der Waals surface area contributed by atoms with Gasteiger partial charge in [0, 0.05) is 91.8 Å². The number of hydrogen-bond acceptors (Lipinski definition) is 26. The lowest BCUT2D eigenvalue weighted by Gasteiger charge is -2.43. The normalized spacial score (nSPS) is 20.6. The van der Waals surface area contributed by atoms with Crippen LogP contribution >= 0.6 is 0 Å². The minimum atomic E-state index is -1.45. The van der Waals surface area contributed by atoms with Crippen LogP contribution in [0.5, 0.6) is 34.5 Å². The predicted octanol–water partition coefficient (Wildman–Crippen LogP) is 3.44. The first-order chi connectivity index (χ1) is 41.9. The Balaban J connectivity index is 1.38. The van der Waals surface area contributed by atoms with Crippen LogP contribution in [0, 0.1) is 47.4 Å². The van der Waals surface area contributed by atoms with Crippen molar-refractivity contribution in [3.63, 3.8) is 0 Å². The maximum absolute atomic E-state index is 12.3. The van der Waals surface area contributed by atoms with Crippen LogP contribution in [-0.2, 0) is 95.2 Å². The van der Waals surface area contributed by atoms with E-state index in [0.29, 0.717) is 67.9 Å². The standard InChI is InChI=1S/C62H66O26/c1-33(63)79-31-53-55(81-35(3)65)57(83-37(5)67)59(85-39(7)69)61(87-53)77-23-15-17-41-25-49(73-11)43(27-47(41)71-9)19-21-45-29-52(76-14)46(30-51(45)75-13)22-20-44-28-48(72-10)42(26-50(44)74-12)18-16-24-78-62-60(86-40(8)70)58(84-38(6)68)56(82-36(4)66)54(88-62)32-80-34(2)64/h25-30,53-62H,23-24,31-32H2,1-14H3/t53-,54-,55-,56-,57+,58+,59-,60-,61-,62-/m1/s1. The van der Waals surface area contributed by atoms with Gasteiger partial charge in [-0.25, -0.2) is 0 Å². The zero-order chi connectivity index (χ0) is 64.8. The van der Waals surface area contributed by atoms with Gasteiger partial charge in [-0.15, -0.1) is 0 Å². The van der Waals surface area contributed by atoms with Crippen molar-refractivity contribution in [2.24, 2.45) is 0 Å². The van der Waals surface area contributed by atoms with E-state index in [4.69, 9.17) is 85.3 Å². The third-order valence-corrected chi connectivity index (χ3v) is 12.2. The molecule has 0 aromatic heterocycles. The first-order valence-electron chi connectivity index (χ1n) is 26.6. The fourth-order valence-corrected chi connectivity index (χ4v) is 8.70. The SMILES string of the molecule is COc1cc(C#Cc2cc(OC)c(C#Cc3cc(OC)c(C#CCO[C@@H]4O[C@H](COC(C)=O)[C@@H](OC(C)=O)[C@H](OC(C)=O)[C@H]4OC(C)=O)cc3OC)cc2OC)c(OC)cc1C#CCO[C@@H]1O[C@H](COC(C)=O)[C@@H](OC(C)=O)[C@H](OC(C)=O)[C@H]1OC(C)=O. The van der Waals surface area contributed by atoms with E-state index in [0.717, 1.165) is 55.4 Å². The van der Waals surface area contributed by atoms with Gasteiger partial charge in [0.2, 0.25) is 0 Å². The largest absolute Gasteiger partial charge is 0.495 e. The van der Waals surface area contributed by atoms with Gasteiger partial charge in [-0.3, -0.25) is 38.4 Å².